The molecule has 0 aromatic heterocycles. The van der Waals surface area contributed by atoms with E-state index in [2.05, 4.69) is 5.32 Å². The molecule has 24 heavy (non-hydrogen) atoms. The van der Waals surface area contributed by atoms with Crippen LogP contribution in [0.25, 0.3) is 0 Å². The molecule has 0 saturated carbocycles. The molecule has 6 nitrogen and oxygen atoms in total. The van der Waals surface area contributed by atoms with Crippen molar-refractivity contribution < 1.29 is 17.9 Å². The Hall–Kier alpha value is -1.60. The van der Waals surface area contributed by atoms with E-state index < -0.39 is 15.9 Å². The number of sulfone groups is 1. The summed E-state index contributed by atoms with van der Waals surface area (Å²) in [4.78, 5) is 14.2. The van der Waals surface area contributed by atoms with Crippen molar-refractivity contribution in [1.82, 2.24) is 10.2 Å². The Balaban J connectivity index is 2.00. The second kappa shape index (κ2) is 7.53. The number of amides is 1. The first-order chi connectivity index (χ1) is 11.2. The number of hydrogen-bond acceptors (Lipinski definition) is 5. The number of ether oxygens (including phenoxy) is 1. The standard InChI is InChI=1S/C17H26N2O4S/c1-12(15-7-5-6-8-16(15)23-4)18-13(2)17(20)19(3)14-9-10-24(21,22)11-14/h5-8,12-14,18H,9-11H2,1-4H3/t12-,13+,14-/m0/s1. The van der Waals surface area contributed by atoms with Gasteiger partial charge in [0.05, 0.1) is 24.7 Å². The number of nitrogens with zero attached hydrogens (tertiary/aromatic N) is 1. The van der Waals surface area contributed by atoms with Crippen molar-refractivity contribution >= 4 is 15.7 Å². The molecule has 1 aromatic carbocycles. The highest BCUT2D eigenvalue weighted by atomic mass is 32.2. The summed E-state index contributed by atoms with van der Waals surface area (Å²) in [6.07, 6.45) is 0.513. The zero-order chi connectivity index (χ0) is 17.9. The van der Waals surface area contributed by atoms with Crippen LogP contribution in [0.15, 0.2) is 24.3 Å². The average Bonchev–Trinajstić information content (AvgIpc) is 2.93. The molecular weight excluding hydrogens is 328 g/mol. The third-order valence-electron chi connectivity index (χ3n) is 4.58. The highest BCUT2D eigenvalue weighted by Crippen LogP contribution is 2.25. The molecule has 1 heterocycles. The monoisotopic (exact) mass is 354 g/mol. The normalized spacial score (nSPS) is 21.9. The summed E-state index contributed by atoms with van der Waals surface area (Å²) in [5, 5.41) is 3.28. The van der Waals surface area contributed by atoms with Crippen molar-refractivity contribution in [2.75, 3.05) is 25.7 Å². The smallest absolute Gasteiger partial charge is 0.239 e. The van der Waals surface area contributed by atoms with Gasteiger partial charge in [-0.25, -0.2) is 8.42 Å². The van der Waals surface area contributed by atoms with Gasteiger partial charge >= 0.3 is 0 Å². The maximum absolute atomic E-state index is 12.6. The lowest BCUT2D eigenvalue weighted by Gasteiger charge is -2.29. The van der Waals surface area contributed by atoms with E-state index in [9.17, 15) is 13.2 Å². The lowest BCUT2D eigenvalue weighted by molar-refractivity contribution is -0.133. The Bertz CT molecular complexity index is 690. The van der Waals surface area contributed by atoms with Crippen LogP contribution in [0.4, 0.5) is 0 Å². The fourth-order valence-electron chi connectivity index (χ4n) is 3.13. The van der Waals surface area contributed by atoms with Gasteiger partial charge in [-0.1, -0.05) is 18.2 Å². The summed E-state index contributed by atoms with van der Waals surface area (Å²) >= 11 is 0. The van der Waals surface area contributed by atoms with Gasteiger partial charge in [0.2, 0.25) is 5.91 Å². The van der Waals surface area contributed by atoms with E-state index in [1.807, 2.05) is 31.2 Å². The van der Waals surface area contributed by atoms with Crippen molar-refractivity contribution in [3.8, 4) is 5.75 Å². The van der Waals surface area contributed by atoms with E-state index in [0.717, 1.165) is 11.3 Å². The van der Waals surface area contributed by atoms with Crippen LogP contribution in [0.3, 0.4) is 0 Å². The summed E-state index contributed by atoms with van der Waals surface area (Å²) in [5.41, 5.74) is 0.978. The van der Waals surface area contributed by atoms with Crippen molar-refractivity contribution in [3.05, 3.63) is 29.8 Å². The molecule has 1 amide bonds. The average molecular weight is 354 g/mol. The first-order valence-corrected chi connectivity index (χ1v) is 9.93. The van der Waals surface area contributed by atoms with Crippen LogP contribution < -0.4 is 10.1 Å². The molecule has 7 heteroatoms. The first-order valence-electron chi connectivity index (χ1n) is 8.11. The van der Waals surface area contributed by atoms with Gasteiger partial charge in [-0.2, -0.15) is 0 Å². The lowest BCUT2D eigenvalue weighted by atomic mass is 10.1. The third-order valence-corrected chi connectivity index (χ3v) is 6.33. The van der Waals surface area contributed by atoms with E-state index in [4.69, 9.17) is 4.74 Å². The van der Waals surface area contributed by atoms with E-state index in [-0.39, 0.29) is 29.5 Å². The molecule has 1 aromatic rings. The zero-order valence-corrected chi connectivity index (χ0v) is 15.5. The van der Waals surface area contributed by atoms with Gasteiger partial charge in [0, 0.05) is 24.7 Å². The van der Waals surface area contributed by atoms with Crippen molar-refractivity contribution in [2.45, 2.75) is 38.4 Å². The van der Waals surface area contributed by atoms with Gasteiger partial charge in [0.15, 0.2) is 9.84 Å². The molecule has 1 fully saturated rings. The quantitative estimate of drug-likeness (QED) is 0.835. The predicted octanol–water partition coefficient (Wildman–Crippen LogP) is 1.38. The van der Waals surface area contributed by atoms with Crippen LogP contribution in [-0.4, -0.2) is 57.0 Å². The largest absolute Gasteiger partial charge is 0.496 e. The molecule has 0 radical (unpaired) electrons. The molecule has 0 bridgehead atoms. The van der Waals surface area contributed by atoms with Gasteiger partial charge in [-0.3, -0.25) is 10.1 Å². The van der Waals surface area contributed by atoms with Gasteiger partial charge in [-0.05, 0) is 26.3 Å². The van der Waals surface area contributed by atoms with Gasteiger partial charge in [0.25, 0.3) is 0 Å². The maximum Gasteiger partial charge on any atom is 0.239 e. The van der Waals surface area contributed by atoms with E-state index >= 15 is 0 Å². The molecule has 0 aliphatic carbocycles. The Kier molecular flexibility index (Phi) is 5.87. The Morgan fingerprint density at radius 1 is 1.33 bits per heavy atom. The topological polar surface area (TPSA) is 75.7 Å². The molecule has 134 valence electrons. The second-order valence-electron chi connectivity index (χ2n) is 6.36. The number of para-hydroxylation sites is 1. The molecule has 1 N–H and O–H groups in total. The molecule has 2 rings (SSSR count). The van der Waals surface area contributed by atoms with Crippen molar-refractivity contribution in [1.29, 1.82) is 0 Å². The highest BCUT2D eigenvalue weighted by molar-refractivity contribution is 7.91. The number of rotatable bonds is 6. The summed E-state index contributed by atoms with van der Waals surface area (Å²) in [5.74, 6) is 0.893. The van der Waals surface area contributed by atoms with Crippen LogP contribution in [0.1, 0.15) is 31.9 Å². The van der Waals surface area contributed by atoms with Gasteiger partial charge in [0.1, 0.15) is 5.75 Å². The molecule has 1 saturated heterocycles. The van der Waals surface area contributed by atoms with Crippen molar-refractivity contribution in [2.24, 2.45) is 0 Å². The van der Waals surface area contributed by atoms with Gasteiger partial charge < -0.3 is 9.64 Å². The highest BCUT2D eigenvalue weighted by Gasteiger charge is 2.34. The minimum absolute atomic E-state index is 0.0595. The number of likely N-dealkylation sites (N-methyl/N-ethyl adjacent to an activating group) is 1. The molecule has 0 spiro atoms. The minimum Gasteiger partial charge on any atom is -0.496 e. The van der Waals surface area contributed by atoms with Crippen molar-refractivity contribution in [3.63, 3.8) is 0 Å². The summed E-state index contributed by atoms with van der Waals surface area (Å²) < 4.78 is 28.6. The van der Waals surface area contributed by atoms with E-state index in [1.54, 1.807) is 26.0 Å². The summed E-state index contributed by atoms with van der Waals surface area (Å²) in [7, 11) is 0.294. The van der Waals surface area contributed by atoms with Crippen LogP contribution in [0.5, 0.6) is 5.75 Å². The minimum atomic E-state index is -3.01. The number of hydrogen-bond donors (Lipinski definition) is 1. The molecular formula is C17H26N2O4S. The Morgan fingerprint density at radius 3 is 2.58 bits per heavy atom. The molecule has 1 aliphatic heterocycles. The number of benzene rings is 1. The fraction of sp³-hybridized carbons (Fsp3) is 0.588. The molecule has 1 aliphatic rings. The molecule has 3 atom stereocenters. The summed E-state index contributed by atoms with van der Waals surface area (Å²) in [6.45, 7) is 3.77. The lowest BCUT2D eigenvalue weighted by Crippen LogP contribution is -2.48. The number of nitrogens with one attached hydrogen (secondary N) is 1. The van der Waals surface area contributed by atoms with Crippen LogP contribution in [0.2, 0.25) is 0 Å². The van der Waals surface area contributed by atoms with E-state index in [0.29, 0.717) is 6.42 Å². The van der Waals surface area contributed by atoms with Crippen LogP contribution in [-0.2, 0) is 14.6 Å². The number of methoxy groups -OCH3 is 1. The van der Waals surface area contributed by atoms with Crippen LogP contribution >= 0.6 is 0 Å². The molecule has 0 unspecified atom stereocenters. The second-order valence-corrected chi connectivity index (χ2v) is 8.59. The maximum atomic E-state index is 12.6. The van der Waals surface area contributed by atoms with Gasteiger partial charge in [-0.15, -0.1) is 0 Å². The SMILES string of the molecule is COc1ccccc1[C@H](C)N[C@H](C)C(=O)N(C)[C@H]1CCS(=O)(=O)C1. The fourth-order valence-corrected chi connectivity index (χ4v) is 4.90. The Labute approximate surface area is 144 Å². The first kappa shape index (κ1) is 18.7. The summed E-state index contributed by atoms with van der Waals surface area (Å²) in [6, 6.07) is 6.96. The Morgan fingerprint density at radius 2 is 2.00 bits per heavy atom. The predicted molar refractivity (Wildman–Crippen MR) is 93.8 cm³/mol. The number of carbonyl (C=O) groups is 1. The third kappa shape index (κ3) is 4.27. The zero-order valence-electron chi connectivity index (χ0n) is 14.7. The number of carbonyl (C=O) groups excluding carboxylic acids is 1. The van der Waals surface area contributed by atoms with Crippen LogP contribution in [0, 0.1) is 0 Å². The van der Waals surface area contributed by atoms with E-state index in [1.165, 1.54) is 0 Å².